The van der Waals surface area contributed by atoms with Crippen molar-refractivity contribution in [2.24, 2.45) is 0 Å². The number of rotatable bonds is 7. The van der Waals surface area contributed by atoms with Gasteiger partial charge in [0.25, 0.3) is 0 Å². The first-order chi connectivity index (χ1) is 29.2. The molecule has 0 saturated heterocycles. The molecule has 11 aromatic rings. The SMILES string of the molecule is c1ccc(-c2ccc(-c3nc(-c4ccc(-c5ccccc5)cc4)nc(-c4ccc(-c5ccc6c7ccccc7c7nc(-c8ccccc8)oc7c6c5)cc4)n3)cc2)cc1. The summed E-state index contributed by atoms with van der Waals surface area (Å²) in [6.45, 7) is 0. The second kappa shape index (κ2) is 14.5. The van der Waals surface area contributed by atoms with E-state index in [1.807, 2.05) is 42.5 Å². The molecule has 59 heavy (non-hydrogen) atoms. The summed E-state index contributed by atoms with van der Waals surface area (Å²) >= 11 is 0. The standard InChI is InChI=1S/C54H34N4O/c1-4-12-35(13-5-1)37-20-26-40(27-21-37)51-56-52(41-28-22-38(23-29-41)36-14-6-2-7-15-36)58-53(57-51)42-30-24-39(25-31-42)44-32-33-46-45-18-10-11-19-47(45)49-50(48(46)34-44)59-54(55-49)43-16-8-3-9-17-43/h1-34H. The van der Waals surface area contributed by atoms with Crippen LogP contribution in [0.3, 0.4) is 0 Å². The largest absolute Gasteiger partial charge is 0.435 e. The lowest BCUT2D eigenvalue weighted by Crippen LogP contribution is -2.00. The second-order valence-corrected chi connectivity index (χ2v) is 14.6. The van der Waals surface area contributed by atoms with Crippen molar-refractivity contribution in [3.05, 3.63) is 206 Å². The first-order valence-corrected chi connectivity index (χ1v) is 19.7. The highest BCUT2D eigenvalue weighted by Crippen LogP contribution is 2.39. The van der Waals surface area contributed by atoms with Crippen LogP contribution in [0.15, 0.2) is 211 Å². The van der Waals surface area contributed by atoms with Gasteiger partial charge in [-0.2, -0.15) is 0 Å². The number of oxazole rings is 1. The minimum Gasteiger partial charge on any atom is -0.435 e. The van der Waals surface area contributed by atoms with Crippen LogP contribution in [-0.4, -0.2) is 19.9 Å². The molecule has 9 aromatic carbocycles. The van der Waals surface area contributed by atoms with Gasteiger partial charge in [-0.3, -0.25) is 0 Å². The fraction of sp³-hybridized carbons (Fsp3) is 0. The average Bonchev–Trinajstić information content (AvgIpc) is 3.79. The normalized spacial score (nSPS) is 11.4. The van der Waals surface area contributed by atoms with Crippen molar-refractivity contribution in [1.29, 1.82) is 0 Å². The van der Waals surface area contributed by atoms with Gasteiger partial charge >= 0.3 is 0 Å². The molecule has 0 unspecified atom stereocenters. The van der Waals surface area contributed by atoms with Gasteiger partial charge in [-0.25, -0.2) is 19.9 Å². The number of hydrogen-bond acceptors (Lipinski definition) is 5. The van der Waals surface area contributed by atoms with Crippen LogP contribution in [0.2, 0.25) is 0 Å². The van der Waals surface area contributed by atoms with Crippen LogP contribution in [0.5, 0.6) is 0 Å². The van der Waals surface area contributed by atoms with Crippen molar-refractivity contribution >= 4 is 32.6 Å². The van der Waals surface area contributed by atoms with E-state index in [0.29, 0.717) is 23.4 Å². The molecule has 5 nitrogen and oxygen atoms in total. The lowest BCUT2D eigenvalue weighted by molar-refractivity contribution is 0.623. The van der Waals surface area contributed by atoms with Gasteiger partial charge in [0.15, 0.2) is 23.1 Å². The lowest BCUT2D eigenvalue weighted by Gasteiger charge is -2.11. The molecule has 2 heterocycles. The van der Waals surface area contributed by atoms with E-state index in [9.17, 15) is 0 Å². The Balaban J connectivity index is 0.986. The Hall–Kier alpha value is -8.02. The van der Waals surface area contributed by atoms with Gasteiger partial charge in [-0.05, 0) is 62.4 Å². The maximum atomic E-state index is 6.56. The summed E-state index contributed by atoms with van der Waals surface area (Å²) in [6.07, 6.45) is 0. The van der Waals surface area contributed by atoms with Crippen LogP contribution in [0.25, 0.3) is 112 Å². The van der Waals surface area contributed by atoms with Gasteiger partial charge in [-0.15, -0.1) is 0 Å². The summed E-state index contributed by atoms with van der Waals surface area (Å²) in [4.78, 5) is 20.2. The highest BCUT2D eigenvalue weighted by atomic mass is 16.3. The minimum absolute atomic E-state index is 0.609. The Bertz CT molecular complexity index is 3170. The highest BCUT2D eigenvalue weighted by Gasteiger charge is 2.18. The van der Waals surface area contributed by atoms with E-state index >= 15 is 0 Å². The smallest absolute Gasteiger partial charge is 0.227 e. The molecular weight excluding hydrogens is 721 g/mol. The van der Waals surface area contributed by atoms with Crippen LogP contribution in [0, 0.1) is 0 Å². The molecule has 276 valence electrons. The minimum atomic E-state index is 0.609. The molecule has 0 N–H and O–H groups in total. The van der Waals surface area contributed by atoms with E-state index in [4.69, 9.17) is 24.4 Å². The Kier molecular flexibility index (Phi) is 8.41. The Morgan fingerprint density at radius 1 is 0.254 bits per heavy atom. The molecule has 0 bridgehead atoms. The molecule has 0 amide bonds. The summed E-state index contributed by atoms with van der Waals surface area (Å²) in [5.41, 5.74) is 12.1. The van der Waals surface area contributed by atoms with Gasteiger partial charge in [-0.1, -0.05) is 188 Å². The summed E-state index contributed by atoms with van der Waals surface area (Å²) in [7, 11) is 0. The molecule has 0 saturated carbocycles. The maximum absolute atomic E-state index is 6.56. The molecule has 0 atom stereocenters. The van der Waals surface area contributed by atoms with Gasteiger partial charge in [0.1, 0.15) is 5.52 Å². The molecule has 0 aliphatic heterocycles. The number of hydrogen-bond donors (Lipinski definition) is 0. The third-order valence-electron chi connectivity index (χ3n) is 11.0. The average molecular weight is 755 g/mol. The summed E-state index contributed by atoms with van der Waals surface area (Å²) in [5.74, 6) is 2.46. The third-order valence-corrected chi connectivity index (χ3v) is 11.0. The quantitative estimate of drug-likeness (QED) is 0.152. The predicted molar refractivity (Wildman–Crippen MR) is 240 cm³/mol. The topological polar surface area (TPSA) is 64.7 Å². The Labute approximate surface area is 341 Å². The molecule has 2 aromatic heterocycles. The number of fused-ring (bicyclic) bond motifs is 6. The zero-order valence-corrected chi connectivity index (χ0v) is 31.8. The Morgan fingerprint density at radius 2 is 0.610 bits per heavy atom. The fourth-order valence-corrected chi connectivity index (χ4v) is 7.92. The van der Waals surface area contributed by atoms with E-state index in [1.54, 1.807) is 0 Å². The van der Waals surface area contributed by atoms with E-state index in [-0.39, 0.29) is 0 Å². The molecule has 0 fully saturated rings. The van der Waals surface area contributed by atoms with E-state index in [1.165, 1.54) is 0 Å². The van der Waals surface area contributed by atoms with Crippen molar-refractivity contribution < 1.29 is 4.42 Å². The fourth-order valence-electron chi connectivity index (χ4n) is 7.92. The zero-order valence-electron chi connectivity index (χ0n) is 31.8. The van der Waals surface area contributed by atoms with Gasteiger partial charge in [0, 0.05) is 33.0 Å². The van der Waals surface area contributed by atoms with Crippen molar-refractivity contribution in [2.45, 2.75) is 0 Å². The van der Waals surface area contributed by atoms with Crippen molar-refractivity contribution in [3.63, 3.8) is 0 Å². The summed E-state index contributed by atoms with van der Waals surface area (Å²) in [5, 5.41) is 4.38. The van der Waals surface area contributed by atoms with Crippen LogP contribution in [-0.2, 0) is 0 Å². The van der Waals surface area contributed by atoms with Crippen LogP contribution < -0.4 is 0 Å². The molecule has 11 rings (SSSR count). The Morgan fingerprint density at radius 3 is 1.10 bits per heavy atom. The second-order valence-electron chi connectivity index (χ2n) is 14.6. The van der Waals surface area contributed by atoms with Crippen molar-refractivity contribution in [2.75, 3.05) is 0 Å². The maximum Gasteiger partial charge on any atom is 0.227 e. The van der Waals surface area contributed by atoms with Crippen LogP contribution >= 0.6 is 0 Å². The van der Waals surface area contributed by atoms with E-state index in [2.05, 4.69) is 164 Å². The monoisotopic (exact) mass is 754 g/mol. The van der Waals surface area contributed by atoms with Crippen molar-refractivity contribution in [1.82, 2.24) is 19.9 Å². The number of aromatic nitrogens is 4. The van der Waals surface area contributed by atoms with Gasteiger partial charge in [0.05, 0.1) is 0 Å². The first-order valence-electron chi connectivity index (χ1n) is 19.7. The van der Waals surface area contributed by atoms with E-state index < -0.39 is 0 Å². The van der Waals surface area contributed by atoms with Crippen LogP contribution in [0.1, 0.15) is 0 Å². The summed E-state index contributed by atoms with van der Waals surface area (Å²) < 4.78 is 6.56. The zero-order chi connectivity index (χ0) is 39.1. The first kappa shape index (κ1) is 34.2. The molecule has 0 aliphatic rings. The lowest BCUT2D eigenvalue weighted by atomic mass is 9.96. The molecule has 0 spiro atoms. The van der Waals surface area contributed by atoms with E-state index in [0.717, 1.165) is 88.3 Å². The molecule has 5 heteroatoms. The van der Waals surface area contributed by atoms with Crippen LogP contribution in [0.4, 0.5) is 0 Å². The molecule has 0 radical (unpaired) electrons. The van der Waals surface area contributed by atoms with Gasteiger partial charge in [0.2, 0.25) is 5.89 Å². The summed E-state index contributed by atoms with van der Waals surface area (Å²) in [6, 6.07) is 71.2. The number of nitrogens with zero attached hydrogens (tertiary/aromatic N) is 4. The predicted octanol–water partition coefficient (Wildman–Crippen LogP) is 14.0. The third kappa shape index (κ3) is 6.41. The number of benzene rings is 9. The molecular formula is C54H34N4O. The van der Waals surface area contributed by atoms with Gasteiger partial charge < -0.3 is 4.42 Å². The molecule has 0 aliphatic carbocycles. The van der Waals surface area contributed by atoms with Crippen molar-refractivity contribution in [3.8, 4) is 79.0 Å². The highest BCUT2D eigenvalue weighted by molar-refractivity contribution is 6.23.